The van der Waals surface area contributed by atoms with Crippen molar-refractivity contribution in [3.8, 4) is 0 Å². The number of aromatic amines is 1. The summed E-state index contributed by atoms with van der Waals surface area (Å²) in [5, 5.41) is 3.10. The maximum absolute atomic E-state index is 13.2. The van der Waals surface area contributed by atoms with E-state index in [2.05, 4.69) is 16.0 Å². The van der Waals surface area contributed by atoms with E-state index in [1.807, 2.05) is 41.9 Å². The van der Waals surface area contributed by atoms with Gasteiger partial charge in [-0.2, -0.15) is 0 Å². The first-order chi connectivity index (χ1) is 13.7. The molecule has 1 saturated heterocycles. The zero-order valence-electron chi connectivity index (χ0n) is 15.5. The molecule has 142 valence electrons. The smallest absolute Gasteiger partial charge is 0.277 e. The second-order valence-electron chi connectivity index (χ2n) is 7.27. The molecule has 1 aromatic carbocycles. The Kier molecular flexibility index (Phi) is 4.28. The molecule has 5 rings (SSSR count). The molecule has 2 aliphatic rings. The first kappa shape index (κ1) is 17.3. The normalized spacial score (nSPS) is 17.6. The van der Waals surface area contributed by atoms with Crippen molar-refractivity contribution < 1.29 is 9.59 Å². The van der Waals surface area contributed by atoms with E-state index in [9.17, 15) is 9.59 Å². The Morgan fingerprint density at radius 3 is 2.61 bits per heavy atom. The van der Waals surface area contributed by atoms with Gasteiger partial charge in [-0.15, -0.1) is 11.3 Å². The van der Waals surface area contributed by atoms with E-state index >= 15 is 0 Å². The van der Waals surface area contributed by atoms with Gasteiger partial charge in [0.05, 0.1) is 5.57 Å². The molecule has 28 heavy (non-hydrogen) atoms. The van der Waals surface area contributed by atoms with Gasteiger partial charge in [0.25, 0.3) is 11.8 Å². The van der Waals surface area contributed by atoms with Gasteiger partial charge in [0.15, 0.2) is 0 Å². The number of aromatic nitrogens is 1. The molecule has 2 aliphatic heterocycles. The van der Waals surface area contributed by atoms with Gasteiger partial charge in [0.2, 0.25) is 0 Å². The summed E-state index contributed by atoms with van der Waals surface area (Å²) in [5.74, 6) is -0.302. The molecule has 0 atom stereocenters. The fourth-order valence-corrected chi connectivity index (χ4v) is 4.98. The largest absolute Gasteiger partial charge is 0.366 e. The van der Waals surface area contributed by atoms with Crippen LogP contribution in [0.3, 0.4) is 0 Å². The molecule has 5 nitrogen and oxygen atoms in total. The first-order valence-electron chi connectivity index (χ1n) is 9.68. The molecule has 4 heterocycles. The Morgan fingerprint density at radius 2 is 1.82 bits per heavy atom. The Hall–Kier alpha value is -2.86. The maximum Gasteiger partial charge on any atom is 0.277 e. The van der Waals surface area contributed by atoms with Crippen LogP contribution in [0.15, 0.2) is 53.7 Å². The third kappa shape index (κ3) is 2.76. The van der Waals surface area contributed by atoms with Gasteiger partial charge in [-0.25, -0.2) is 0 Å². The van der Waals surface area contributed by atoms with Gasteiger partial charge in [-0.1, -0.05) is 24.3 Å². The topological polar surface area (TPSA) is 56.4 Å². The zero-order chi connectivity index (χ0) is 19.1. The van der Waals surface area contributed by atoms with Gasteiger partial charge < -0.3 is 9.88 Å². The van der Waals surface area contributed by atoms with Gasteiger partial charge >= 0.3 is 0 Å². The summed E-state index contributed by atoms with van der Waals surface area (Å²) in [6.07, 6.45) is 4.76. The van der Waals surface area contributed by atoms with Crippen molar-refractivity contribution >= 4 is 39.6 Å². The van der Waals surface area contributed by atoms with Gasteiger partial charge in [0.1, 0.15) is 5.70 Å². The highest BCUT2D eigenvalue weighted by atomic mass is 32.1. The predicted octanol–water partition coefficient (Wildman–Crippen LogP) is 3.65. The zero-order valence-corrected chi connectivity index (χ0v) is 16.3. The summed E-state index contributed by atoms with van der Waals surface area (Å²) in [6, 6.07) is 12.0. The molecular formula is C22H21N3O2S. The van der Waals surface area contributed by atoms with Gasteiger partial charge in [0, 0.05) is 41.6 Å². The lowest BCUT2D eigenvalue weighted by Gasteiger charge is -2.20. The van der Waals surface area contributed by atoms with E-state index in [-0.39, 0.29) is 11.8 Å². The lowest BCUT2D eigenvalue weighted by atomic mass is 10.1. The highest BCUT2D eigenvalue weighted by Crippen LogP contribution is 2.35. The van der Waals surface area contributed by atoms with Crippen LogP contribution in [0.2, 0.25) is 0 Å². The quantitative estimate of drug-likeness (QED) is 0.676. The third-order valence-corrected chi connectivity index (χ3v) is 6.50. The van der Waals surface area contributed by atoms with E-state index in [0.717, 1.165) is 47.3 Å². The van der Waals surface area contributed by atoms with Crippen molar-refractivity contribution in [2.24, 2.45) is 0 Å². The highest BCUT2D eigenvalue weighted by molar-refractivity contribution is 7.11. The summed E-state index contributed by atoms with van der Waals surface area (Å²) in [6.45, 7) is 2.09. The van der Waals surface area contributed by atoms with Crippen molar-refractivity contribution in [2.45, 2.75) is 19.3 Å². The molecule has 0 bridgehead atoms. The second-order valence-corrected chi connectivity index (χ2v) is 8.21. The molecule has 2 amide bonds. The number of hydrogen-bond acceptors (Lipinski definition) is 4. The number of nitrogens with one attached hydrogen (secondary N) is 1. The minimum absolute atomic E-state index is 0.143. The van der Waals surface area contributed by atoms with Crippen molar-refractivity contribution in [1.82, 2.24) is 14.8 Å². The maximum atomic E-state index is 13.2. The number of rotatable bonds is 5. The Balaban J connectivity index is 1.44. The van der Waals surface area contributed by atoms with Crippen LogP contribution in [0.4, 0.5) is 0 Å². The van der Waals surface area contributed by atoms with Crippen LogP contribution in [-0.4, -0.2) is 46.2 Å². The predicted molar refractivity (Wildman–Crippen MR) is 111 cm³/mol. The number of likely N-dealkylation sites (tertiary alicyclic amines) is 1. The van der Waals surface area contributed by atoms with Crippen LogP contribution in [-0.2, 0) is 16.0 Å². The Morgan fingerprint density at radius 1 is 1.00 bits per heavy atom. The number of thiophene rings is 1. The number of nitrogens with zero attached hydrogens (tertiary/aromatic N) is 2. The van der Waals surface area contributed by atoms with Crippen LogP contribution in [0, 0.1) is 0 Å². The SMILES string of the molecule is O=C1C(c2cccs2)=C(N2CCCC2)C(=O)N1CCc1c[nH]c2ccccc12. The third-order valence-electron chi connectivity index (χ3n) is 5.61. The van der Waals surface area contributed by atoms with Crippen LogP contribution < -0.4 is 0 Å². The minimum atomic E-state index is -0.158. The lowest BCUT2D eigenvalue weighted by Crippen LogP contribution is -2.36. The van der Waals surface area contributed by atoms with E-state index in [0.29, 0.717) is 24.2 Å². The summed E-state index contributed by atoms with van der Waals surface area (Å²) in [7, 11) is 0. The van der Waals surface area contributed by atoms with E-state index in [4.69, 9.17) is 0 Å². The Bertz CT molecular complexity index is 1070. The number of carbonyl (C=O) groups excluding carboxylic acids is 2. The van der Waals surface area contributed by atoms with Crippen LogP contribution >= 0.6 is 11.3 Å². The molecule has 3 aromatic rings. The number of hydrogen-bond donors (Lipinski definition) is 1. The number of para-hydroxylation sites is 1. The van der Waals surface area contributed by atoms with E-state index in [1.165, 1.54) is 16.2 Å². The van der Waals surface area contributed by atoms with Crippen molar-refractivity contribution in [3.63, 3.8) is 0 Å². The Labute approximate surface area is 167 Å². The second kappa shape index (κ2) is 6.95. The number of amides is 2. The van der Waals surface area contributed by atoms with Crippen molar-refractivity contribution in [1.29, 1.82) is 0 Å². The fourth-order valence-electron chi connectivity index (χ4n) is 4.21. The van der Waals surface area contributed by atoms with E-state index < -0.39 is 0 Å². The average Bonchev–Trinajstić information content (AvgIpc) is 3.49. The van der Waals surface area contributed by atoms with Gasteiger partial charge in [-0.3, -0.25) is 14.5 Å². The number of fused-ring (bicyclic) bond motifs is 1. The standard InChI is InChI=1S/C22H21N3O2S/c26-21-19(18-8-5-13-28-18)20(24-10-3-4-11-24)22(27)25(21)12-9-15-14-23-17-7-2-1-6-16(15)17/h1-2,5-8,13-14,23H,3-4,9-12H2. The van der Waals surface area contributed by atoms with E-state index in [1.54, 1.807) is 0 Å². The highest BCUT2D eigenvalue weighted by Gasteiger charge is 2.42. The van der Waals surface area contributed by atoms with Crippen molar-refractivity contribution in [2.75, 3.05) is 19.6 Å². The van der Waals surface area contributed by atoms with Gasteiger partial charge in [-0.05, 0) is 42.3 Å². The number of imide groups is 1. The minimum Gasteiger partial charge on any atom is -0.366 e. The number of H-pyrrole nitrogens is 1. The molecule has 0 aliphatic carbocycles. The lowest BCUT2D eigenvalue weighted by molar-refractivity contribution is -0.137. The molecule has 2 aromatic heterocycles. The average molecular weight is 391 g/mol. The summed E-state index contributed by atoms with van der Waals surface area (Å²) >= 11 is 1.52. The summed E-state index contributed by atoms with van der Waals surface area (Å²) < 4.78 is 0. The first-order valence-corrected chi connectivity index (χ1v) is 10.6. The molecule has 1 fully saturated rings. The number of carbonyl (C=O) groups is 2. The van der Waals surface area contributed by atoms with Crippen LogP contribution in [0.1, 0.15) is 23.3 Å². The molecule has 0 spiro atoms. The molecular weight excluding hydrogens is 370 g/mol. The molecule has 6 heteroatoms. The van der Waals surface area contributed by atoms with Crippen LogP contribution in [0.5, 0.6) is 0 Å². The molecule has 0 radical (unpaired) electrons. The van der Waals surface area contributed by atoms with Crippen LogP contribution in [0.25, 0.3) is 16.5 Å². The summed E-state index contributed by atoms with van der Waals surface area (Å²) in [5.41, 5.74) is 3.39. The fraction of sp³-hybridized carbons (Fsp3) is 0.273. The molecule has 0 unspecified atom stereocenters. The molecule has 1 N–H and O–H groups in total. The molecule has 0 saturated carbocycles. The van der Waals surface area contributed by atoms with Crippen molar-refractivity contribution in [3.05, 3.63) is 64.1 Å². The number of benzene rings is 1. The monoisotopic (exact) mass is 391 g/mol. The summed E-state index contributed by atoms with van der Waals surface area (Å²) in [4.78, 5) is 34.1.